The molecule has 0 aliphatic carbocycles. The Balaban J connectivity index is 2.74. The standard InChI is InChI=1S/C10H15FN2O4S2/c1-18(14,15)7-3-6-13-19(16,17)9-5-2-4-8(11)10(9)12/h2,4-5,13H,3,6-7,12H2,1H3. The molecule has 0 bridgehead atoms. The van der Waals surface area contributed by atoms with Crippen LogP contribution in [-0.2, 0) is 19.9 Å². The van der Waals surface area contributed by atoms with Crippen molar-refractivity contribution in [2.45, 2.75) is 11.3 Å². The van der Waals surface area contributed by atoms with Crippen molar-refractivity contribution in [3.05, 3.63) is 24.0 Å². The smallest absolute Gasteiger partial charge is 0.242 e. The number of benzene rings is 1. The van der Waals surface area contributed by atoms with Gasteiger partial charge in [-0.3, -0.25) is 0 Å². The van der Waals surface area contributed by atoms with Crippen LogP contribution in [0.4, 0.5) is 10.1 Å². The number of hydrogen-bond donors (Lipinski definition) is 2. The van der Waals surface area contributed by atoms with E-state index in [4.69, 9.17) is 5.73 Å². The Labute approximate surface area is 111 Å². The normalized spacial score (nSPS) is 12.5. The lowest BCUT2D eigenvalue weighted by atomic mass is 10.3. The molecule has 0 amide bonds. The fraction of sp³-hybridized carbons (Fsp3) is 0.400. The maximum Gasteiger partial charge on any atom is 0.242 e. The molecule has 0 saturated heterocycles. The first-order chi connectivity index (χ1) is 8.63. The first kappa shape index (κ1) is 15.9. The lowest BCUT2D eigenvalue weighted by Crippen LogP contribution is -2.27. The summed E-state index contributed by atoms with van der Waals surface area (Å²) in [5, 5.41) is 0. The van der Waals surface area contributed by atoms with Gasteiger partial charge in [0.25, 0.3) is 0 Å². The van der Waals surface area contributed by atoms with E-state index in [2.05, 4.69) is 4.72 Å². The van der Waals surface area contributed by atoms with Crippen LogP contribution in [0.3, 0.4) is 0 Å². The Morgan fingerprint density at radius 2 is 1.89 bits per heavy atom. The molecule has 0 spiro atoms. The third-order valence-corrected chi connectivity index (χ3v) is 4.84. The van der Waals surface area contributed by atoms with Gasteiger partial charge < -0.3 is 5.73 Å². The minimum absolute atomic E-state index is 0.0641. The summed E-state index contributed by atoms with van der Waals surface area (Å²) in [4.78, 5) is -0.355. The third kappa shape index (κ3) is 4.77. The number of sulfone groups is 1. The SMILES string of the molecule is CS(=O)(=O)CCCNS(=O)(=O)c1cccc(F)c1N. The molecule has 19 heavy (non-hydrogen) atoms. The van der Waals surface area contributed by atoms with E-state index in [-0.39, 0.29) is 23.6 Å². The molecule has 0 heterocycles. The average Bonchev–Trinajstić information content (AvgIpc) is 2.27. The minimum Gasteiger partial charge on any atom is -0.395 e. The van der Waals surface area contributed by atoms with Crippen LogP contribution in [-0.4, -0.2) is 35.4 Å². The van der Waals surface area contributed by atoms with Crippen molar-refractivity contribution < 1.29 is 21.2 Å². The summed E-state index contributed by atoms with van der Waals surface area (Å²) >= 11 is 0. The van der Waals surface area contributed by atoms with Crippen molar-refractivity contribution in [3.63, 3.8) is 0 Å². The van der Waals surface area contributed by atoms with E-state index >= 15 is 0 Å². The molecule has 0 atom stereocenters. The van der Waals surface area contributed by atoms with Crippen molar-refractivity contribution in [2.24, 2.45) is 0 Å². The quantitative estimate of drug-likeness (QED) is 0.573. The fourth-order valence-electron chi connectivity index (χ4n) is 1.37. The van der Waals surface area contributed by atoms with Crippen LogP contribution in [0.1, 0.15) is 6.42 Å². The van der Waals surface area contributed by atoms with Crippen LogP contribution in [0.2, 0.25) is 0 Å². The van der Waals surface area contributed by atoms with Crippen LogP contribution in [0, 0.1) is 5.82 Å². The molecule has 0 aromatic heterocycles. The van der Waals surface area contributed by atoms with Gasteiger partial charge in [0.15, 0.2) is 0 Å². The molecule has 3 N–H and O–H groups in total. The van der Waals surface area contributed by atoms with Gasteiger partial charge in [0.1, 0.15) is 20.5 Å². The van der Waals surface area contributed by atoms with Gasteiger partial charge in [-0.2, -0.15) is 0 Å². The van der Waals surface area contributed by atoms with Crippen LogP contribution >= 0.6 is 0 Å². The van der Waals surface area contributed by atoms with E-state index in [1.54, 1.807) is 0 Å². The van der Waals surface area contributed by atoms with Crippen LogP contribution in [0.5, 0.6) is 0 Å². The van der Waals surface area contributed by atoms with E-state index in [0.717, 1.165) is 12.3 Å². The second-order valence-corrected chi connectivity index (χ2v) is 8.03. The van der Waals surface area contributed by atoms with Crippen molar-refractivity contribution in [1.29, 1.82) is 0 Å². The molecular formula is C10H15FN2O4S2. The van der Waals surface area contributed by atoms with Gasteiger partial charge in [-0.05, 0) is 18.6 Å². The number of halogens is 1. The summed E-state index contributed by atoms with van der Waals surface area (Å²) < 4.78 is 60.7. The van der Waals surface area contributed by atoms with Gasteiger partial charge in [-0.1, -0.05) is 6.07 Å². The number of nitrogens with two attached hydrogens (primary N) is 1. The molecule has 1 rings (SSSR count). The minimum atomic E-state index is -3.94. The molecule has 0 aliphatic rings. The zero-order chi connectivity index (χ0) is 14.7. The maximum absolute atomic E-state index is 13.2. The van der Waals surface area contributed by atoms with Crippen molar-refractivity contribution in [1.82, 2.24) is 4.72 Å². The van der Waals surface area contributed by atoms with E-state index in [0.29, 0.717) is 0 Å². The summed E-state index contributed by atoms with van der Waals surface area (Å²) in [6, 6.07) is 3.46. The number of hydrogen-bond acceptors (Lipinski definition) is 5. The zero-order valence-corrected chi connectivity index (χ0v) is 11.9. The Morgan fingerprint density at radius 1 is 1.26 bits per heavy atom. The van der Waals surface area contributed by atoms with Crippen LogP contribution < -0.4 is 10.5 Å². The first-order valence-electron chi connectivity index (χ1n) is 5.35. The second kappa shape index (κ2) is 5.85. The topological polar surface area (TPSA) is 106 Å². The summed E-state index contributed by atoms with van der Waals surface area (Å²) in [6.45, 7) is -0.0641. The van der Waals surface area contributed by atoms with E-state index in [1.165, 1.54) is 12.1 Å². The summed E-state index contributed by atoms with van der Waals surface area (Å²) in [5.74, 6) is -0.951. The number of para-hydroxylation sites is 1. The highest BCUT2D eigenvalue weighted by Gasteiger charge is 2.18. The van der Waals surface area contributed by atoms with Gasteiger partial charge >= 0.3 is 0 Å². The lowest BCUT2D eigenvalue weighted by Gasteiger charge is -2.09. The van der Waals surface area contributed by atoms with E-state index in [9.17, 15) is 21.2 Å². The Bertz CT molecular complexity index is 656. The van der Waals surface area contributed by atoms with Gasteiger partial charge in [0.2, 0.25) is 10.0 Å². The Morgan fingerprint density at radius 3 is 2.47 bits per heavy atom. The molecule has 0 saturated carbocycles. The summed E-state index contributed by atoms with van der Waals surface area (Å²) in [6.07, 6.45) is 1.19. The number of anilines is 1. The Kier molecular flexibility index (Phi) is 4.88. The molecule has 0 fully saturated rings. The molecule has 6 nitrogen and oxygen atoms in total. The van der Waals surface area contributed by atoms with Crippen LogP contribution in [0.15, 0.2) is 23.1 Å². The van der Waals surface area contributed by atoms with Gasteiger partial charge in [-0.15, -0.1) is 0 Å². The maximum atomic E-state index is 13.2. The molecular weight excluding hydrogens is 295 g/mol. The van der Waals surface area contributed by atoms with E-state index < -0.39 is 31.4 Å². The van der Waals surface area contributed by atoms with Crippen molar-refractivity contribution in [3.8, 4) is 0 Å². The molecule has 1 aromatic carbocycles. The van der Waals surface area contributed by atoms with Gasteiger partial charge in [0, 0.05) is 12.8 Å². The highest BCUT2D eigenvalue weighted by atomic mass is 32.2. The number of nitrogen functional groups attached to an aromatic ring is 1. The van der Waals surface area contributed by atoms with E-state index in [1.807, 2.05) is 0 Å². The molecule has 1 aromatic rings. The fourth-order valence-corrected chi connectivity index (χ4v) is 3.25. The molecule has 0 unspecified atom stereocenters. The number of nitrogens with one attached hydrogen (secondary N) is 1. The summed E-state index contributed by atoms with van der Waals surface area (Å²) in [7, 11) is -7.08. The summed E-state index contributed by atoms with van der Waals surface area (Å²) in [5.41, 5.74) is 4.89. The lowest BCUT2D eigenvalue weighted by molar-refractivity contribution is 0.575. The highest BCUT2D eigenvalue weighted by Crippen LogP contribution is 2.20. The van der Waals surface area contributed by atoms with Crippen molar-refractivity contribution >= 4 is 25.5 Å². The first-order valence-corrected chi connectivity index (χ1v) is 8.89. The molecule has 0 aliphatic heterocycles. The predicted octanol–water partition coefficient (Wildman–Crippen LogP) is 0.121. The largest absolute Gasteiger partial charge is 0.395 e. The van der Waals surface area contributed by atoms with Crippen molar-refractivity contribution in [2.75, 3.05) is 24.3 Å². The number of sulfonamides is 1. The zero-order valence-electron chi connectivity index (χ0n) is 10.3. The third-order valence-electron chi connectivity index (χ3n) is 2.29. The monoisotopic (exact) mass is 310 g/mol. The number of rotatable bonds is 6. The predicted molar refractivity (Wildman–Crippen MR) is 70.3 cm³/mol. The molecule has 108 valence electrons. The second-order valence-electron chi connectivity index (χ2n) is 4.03. The highest BCUT2D eigenvalue weighted by molar-refractivity contribution is 7.90. The van der Waals surface area contributed by atoms with Gasteiger partial charge in [0.05, 0.1) is 11.4 Å². The van der Waals surface area contributed by atoms with Crippen LogP contribution in [0.25, 0.3) is 0 Å². The Hall–Kier alpha value is -1.19. The molecule has 9 heteroatoms. The average molecular weight is 310 g/mol. The molecule has 0 radical (unpaired) electrons. The van der Waals surface area contributed by atoms with Gasteiger partial charge in [-0.25, -0.2) is 25.9 Å².